The number of amides is 1. The van der Waals surface area contributed by atoms with Crippen LogP contribution in [0, 0.1) is 5.92 Å². The molecule has 0 aromatic heterocycles. The van der Waals surface area contributed by atoms with Crippen molar-refractivity contribution in [1.29, 1.82) is 0 Å². The van der Waals surface area contributed by atoms with E-state index in [-0.39, 0.29) is 24.2 Å². The van der Waals surface area contributed by atoms with Gasteiger partial charge in [0.05, 0.1) is 12.2 Å². The summed E-state index contributed by atoms with van der Waals surface area (Å²) in [5.41, 5.74) is 0. The van der Waals surface area contributed by atoms with Crippen LogP contribution in [0.15, 0.2) is 0 Å². The Morgan fingerprint density at radius 3 is 2.68 bits per heavy atom. The highest BCUT2D eigenvalue weighted by Crippen LogP contribution is 2.26. The summed E-state index contributed by atoms with van der Waals surface area (Å²) in [6.07, 6.45) is 4.69. The number of ether oxygens (including phenoxy) is 1. The Balaban J connectivity index is 2.34. The second kappa shape index (κ2) is 7.85. The van der Waals surface area contributed by atoms with Crippen LogP contribution in [0.25, 0.3) is 0 Å². The molecule has 4 unspecified atom stereocenters. The smallest absolute Gasteiger partial charge is 0.251 e. The minimum Gasteiger partial charge on any atom is -0.393 e. The molecular formula is C15H29NO3. The van der Waals surface area contributed by atoms with E-state index in [4.69, 9.17) is 4.74 Å². The molecule has 1 rings (SSSR count). The molecule has 0 spiro atoms. The predicted molar refractivity (Wildman–Crippen MR) is 75.9 cm³/mol. The van der Waals surface area contributed by atoms with E-state index in [9.17, 15) is 9.90 Å². The van der Waals surface area contributed by atoms with Crippen LogP contribution >= 0.6 is 0 Å². The van der Waals surface area contributed by atoms with E-state index < -0.39 is 0 Å². The van der Waals surface area contributed by atoms with Crippen molar-refractivity contribution in [2.45, 2.75) is 71.2 Å². The average molecular weight is 271 g/mol. The summed E-state index contributed by atoms with van der Waals surface area (Å²) in [5.74, 6) is 0.716. The van der Waals surface area contributed by atoms with Gasteiger partial charge in [0, 0.05) is 13.6 Å². The highest BCUT2D eigenvalue weighted by Gasteiger charge is 2.25. The number of hydrogen-bond donors (Lipinski definition) is 1. The normalized spacial score (nSPS) is 26.8. The third-order valence-corrected chi connectivity index (χ3v) is 3.89. The molecule has 4 nitrogen and oxygen atoms in total. The lowest BCUT2D eigenvalue weighted by Crippen LogP contribution is -2.40. The minimum atomic E-state index is -0.380. The lowest BCUT2D eigenvalue weighted by atomic mass is 9.88. The quantitative estimate of drug-likeness (QED) is 0.805. The number of rotatable bonds is 6. The number of likely N-dealkylation sites (N-methyl/N-ethyl adjacent to an activating group) is 1. The molecule has 1 aliphatic rings. The maximum atomic E-state index is 12.1. The van der Waals surface area contributed by atoms with Crippen molar-refractivity contribution in [3.8, 4) is 0 Å². The van der Waals surface area contributed by atoms with E-state index in [2.05, 4.69) is 6.92 Å². The fourth-order valence-electron chi connectivity index (χ4n) is 2.65. The van der Waals surface area contributed by atoms with E-state index in [1.54, 1.807) is 18.9 Å². The van der Waals surface area contributed by atoms with Gasteiger partial charge in [-0.05, 0) is 39.0 Å². The fourth-order valence-corrected chi connectivity index (χ4v) is 2.65. The van der Waals surface area contributed by atoms with Crippen LogP contribution in [0.4, 0.5) is 0 Å². The third-order valence-electron chi connectivity index (χ3n) is 3.89. The van der Waals surface area contributed by atoms with Gasteiger partial charge in [-0.3, -0.25) is 4.79 Å². The molecule has 0 bridgehead atoms. The van der Waals surface area contributed by atoms with Gasteiger partial charge in [0.15, 0.2) is 0 Å². The molecular weight excluding hydrogens is 242 g/mol. The van der Waals surface area contributed by atoms with Crippen molar-refractivity contribution in [1.82, 2.24) is 4.90 Å². The number of aliphatic hydroxyl groups excluding tert-OH is 1. The summed E-state index contributed by atoms with van der Waals surface area (Å²) in [6, 6.07) is 0. The summed E-state index contributed by atoms with van der Waals surface area (Å²) >= 11 is 0. The topological polar surface area (TPSA) is 49.8 Å². The molecule has 0 aromatic carbocycles. The Kier molecular flexibility index (Phi) is 6.80. The molecule has 1 fully saturated rings. The van der Waals surface area contributed by atoms with Crippen LogP contribution < -0.4 is 0 Å². The van der Waals surface area contributed by atoms with E-state index in [0.29, 0.717) is 18.9 Å². The first kappa shape index (κ1) is 16.4. The lowest BCUT2D eigenvalue weighted by molar-refractivity contribution is -0.146. The summed E-state index contributed by atoms with van der Waals surface area (Å²) < 4.78 is 5.90. The number of hydrogen-bond acceptors (Lipinski definition) is 3. The largest absolute Gasteiger partial charge is 0.393 e. The van der Waals surface area contributed by atoms with Gasteiger partial charge in [0.1, 0.15) is 6.10 Å². The van der Waals surface area contributed by atoms with Crippen LogP contribution in [0.1, 0.15) is 52.9 Å². The molecule has 1 saturated carbocycles. The third kappa shape index (κ3) is 5.91. The van der Waals surface area contributed by atoms with Crippen molar-refractivity contribution >= 4 is 5.91 Å². The predicted octanol–water partition coefficient (Wildman–Crippen LogP) is 2.20. The van der Waals surface area contributed by atoms with Crippen molar-refractivity contribution in [3.63, 3.8) is 0 Å². The summed E-state index contributed by atoms with van der Waals surface area (Å²) in [6.45, 7) is 6.39. The SMILES string of the molecule is CC(O)CCN(C)C(=O)C(C)OC1CCCC(C)C1. The van der Waals surface area contributed by atoms with Crippen molar-refractivity contribution in [3.05, 3.63) is 0 Å². The van der Waals surface area contributed by atoms with Crippen LogP contribution in [0.3, 0.4) is 0 Å². The molecule has 4 heteroatoms. The second-order valence-corrected chi connectivity index (χ2v) is 6.07. The first-order chi connectivity index (χ1) is 8.90. The van der Waals surface area contributed by atoms with E-state index in [0.717, 1.165) is 12.8 Å². The lowest BCUT2D eigenvalue weighted by Gasteiger charge is -2.30. The minimum absolute atomic E-state index is 0.0128. The molecule has 19 heavy (non-hydrogen) atoms. The zero-order valence-corrected chi connectivity index (χ0v) is 12.8. The van der Waals surface area contributed by atoms with E-state index >= 15 is 0 Å². The fraction of sp³-hybridized carbons (Fsp3) is 0.933. The zero-order chi connectivity index (χ0) is 14.4. The molecule has 0 aliphatic heterocycles. The molecule has 4 atom stereocenters. The summed E-state index contributed by atoms with van der Waals surface area (Å²) in [4.78, 5) is 13.8. The molecule has 0 heterocycles. The molecule has 0 aromatic rings. The molecule has 0 radical (unpaired) electrons. The zero-order valence-electron chi connectivity index (χ0n) is 12.8. The highest BCUT2D eigenvalue weighted by molar-refractivity contribution is 5.80. The van der Waals surface area contributed by atoms with Gasteiger partial charge in [-0.15, -0.1) is 0 Å². The Morgan fingerprint density at radius 1 is 1.42 bits per heavy atom. The van der Waals surface area contributed by atoms with Crippen LogP contribution in [0.2, 0.25) is 0 Å². The Hall–Kier alpha value is -0.610. The molecule has 1 aliphatic carbocycles. The Bertz CT molecular complexity index is 281. The Labute approximate surface area is 117 Å². The highest BCUT2D eigenvalue weighted by atomic mass is 16.5. The number of aliphatic hydroxyl groups is 1. The second-order valence-electron chi connectivity index (χ2n) is 6.07. The van der Waals surface area contributed by atoms with Gasteiger partial charge in [-0.2, -0.15) is 0 Å². The van der Waals surface area contributed by atoms with Crippen molar-refractivity contribution in [2.75, 3.05) is 13.6 Å². The maximum absolute atomic E-state index is 12.1. The maximum Gasteiger partial charge on any atom is 0.251 e. The number of nitrogens with zero attached hydrogens (tertiary/aromatic N) is 1. The van der Waals surface area contributed by atoms with Gasteiger partial charge in [0.25, 0.3) is 5.91 Å². The van der Waals surface area contributed by atoms with Gasteiger partial charge in [-0.25, -0.2) is 0 Å². The van der Waals surface area contributed by atoms with Crippen LogP contribution in [-0.2, 0) is 9.53 Å². The van der Waals surface area contributed by atoms with Crippen LogP contribution in [0.5, 0.6) is 0 Å². The number of carbonyl (C=O) groups excluding carboxylic acids is 1. The molecule has 0 saturated heterocycles. The van der Waals surface area contributed by atoms with Crippen molar-refractivity contribution < 1.29 is 14.6 Å². The standard InChI is InChI=1S/C15H29NO3/c1-11-6-5-7-14(10-11)19-13(3)15(18)16(4)9-8-12(2)17/h11-14,17H,5-10H2,1-4H3. The summed E-state index contributed by atoms with van der Waals surface area (Å²) in [5, 5.41) is 9.24. The average Bonchev–Trinajstić information content (AvgIpc) is 2.34. The molecule has 1 N–H and O–H groups in total. The number of carbonyl (C=O) groups is 1. The van der Waals surface area contributed by atoms with Crippen LogP contribution in [-0.4, -0.2) is 47.8 Å². The van der Waals surface area contributed by atoms with E-state index in [1.165, 1.54) is 12.8 Å². The first-order valence-electron chi connectivity index (χ1n) is 7.48. The monoisotopic (exact) mass is 271 g/mol. The van der Waals surface area contributed by atoms with Gasteiger partial charge >= 0.3 is 0 Å². The van der Waals surface area contributed by atoms with Crippen molar-refractivity contribution in [2.24, 2.45) is 5.92 Å². The molecule has 112 valence electrons. The van der Waals surface area contributed by atoms with Gasteiger partial charge < -0.3 is 14.7 Å². The Morgan fingerprint density at radius 2 is 2.11 bits per heavy atom. The first-order valence-corrected chi connectivity index (χ1v) is 7.48. The van der Waals surface area contributed by atoms with Gasteiger partial charge in [0.2, 0.25) is 0 Å². The van der Waals surface area contributed by atoms with E-state index in [1.807, 2.05) is 6.92 Å². The molecule has 1 amide bonds. The van der Waals surface area contributed by atoms with Gasteiger partial charge in [-0.1, -0.05) is 19.8 Å². The summed E-state index contributed by atoms with van der Waals surface area (Å²) in [7, 11) is 1.77.